The van der Waals surface area contributed by atoms with E-state index in [1.165, 1.54) is 11.8 Å². The van der Waals surface area contributed by atoms with Gasteiger partial charge in [0.15, 0.2) is 0 Å². The molecule has 29 heavy (non-hydrogen) atoms. The Morgan fingerprint density at radius 1 is 1.03 bits per heavy atom. The minimum Gasteiger partial charge on any atom is -0.481 e. The molecule has 0 radical (unpaired) electrons. The molecule has 1 atom stereocenters. The number of hydrogen-bond acceptors (Lipinski definition) is 4. The average Bonchev–Trinajstić information content (AvgIpc) is 2.69. The fourth-order valence-electron chi connectivity index (χ4n) is 2.75. The molecule has 0 aliphatic rings. The Balaban J connectivity index is 1.93. The zero-order valence-corrected chi connectivity index (χ0v) is 17.6. The molecular weight excluding hydrogens is 388 g/mol. The molecule has 2 aromatic carbocycles. The summed E-state index contributed by atoms with van der Waals surface area (Å²) in [5, 5.41) is 14.0. The highest BCUT2D eigenvalue weighted by Crippen LogP contribution is 2.27. The lowest BCUT2D eigenvalue weighted by molar-refractivity contribution is -0.138. The van der Waals surface area contributed by atoms with Crippen LogP contribution in [0, 0.1) is 6.92 Å². The normalized spacial score (nSPS) is 11.6. The third-order valence-corrected chi connectivity index (χ3v) is 5.49. The van der Waals surface area contributed by atoms with Gasteiger partial charge in [-0.15, -0.1) is 11.8 Å². The smallest absolute Gasteiger partial charge is 0.303 e. The zero-order chi connectivity index (χ0) is 21.4. The van der Waals surface area contributed by atoms with Crippen LogP contribution in [-0.4, -0.2) is 28.1 Å². The third-order valence-electron chi connectivity index (χ3n) is 4.37. The summed E-state index contributed by atoms with van der Waals surface area (Å²) in [6.07, 6.45) is 0.577. The summed E-state index contributed by atoms with van der Waals surface area (Å²) in [6, 6.07) is 13.1. The van der Waals surface area contributed by atoms with Crippen LogP contribution in [0.4, 0.5) is 11.4 Å². The number of thioether (sulfide) groups is 1. The van der Waals surface area contributed by atoms with Gasteiger partial charge in [0, 0.05) is 22.7 Å². The summed E-state index contributed by atoms with van der Waals surface area (Å²) >= 11 is 1.43. The van der Waals surface area contributed by atoms with Gasteiger partial charge in [0.2, 0.25) is 11.8 Å². The van der Waals surface area contributed by atoms with Crippen molar-refractivity contribution in [3.8, 4) is 0 Å². The Morgan fingerprint density at radius 2 is 1.72 bits per heavy atom. The first-order chi connectivity index (χ1) is 13.8. The number of benzene rings is 2. The predicted octanol–water partition coefficient (Wildman–Crippen LogP) is 4.48. The number of carbonyl (C=O) groups excluding carboxylic acids is 2. The maximum Gasteiger partial charge on any atom is 0.303 e. The SMILES string of the molecule is CCc1cccc(C)c1NC(=O)[C@@H](C)Sc1ccc(NC(=O)CCC(=O)O)cc1. The fourth-order valence-corrected chi connectivity index (χ4v) is 3.61. The monoisotopic (exact) mass is 414 g/mol. The Hall–Kier alpha value is -2.80. The van der Waals surface area contributed by atoms with Crippen LogP contribution in [0.25, 0.3) is 0 Å². The van der Waals surface area contributed by atoms with Crippen LogP contribution in [-0.2, 0) is 20.8 Å². The van der Waals surface area contributed by atoms with Gasteiger partial charge in [-0.05, 0) is 55.7 Å². The fraction of sp³-hybridized carbons (Fsp3) is 0.318. The number of aryl methyl sites for hydroxylation is 2. The van der Waals surface area contributed by atoms with Gasteiger partial charge in [0.25, 0.3) is 0 Å². The van der Waals surface area contributed by atoms with E-state index in [2.05, 4.69) is 17.6 Å². The molecule has 6 nitrogen and oxygen atoms in total. The van der Waals surface area contributed by atoms with Crippen molar-refractivity contribution in [1.82, 2.24) is 0 Å². The standard InChI is InChI=1S/C22H26N2O4S/c1-4-16-7-5-6-14(2)21(16)24-22(28)15(3)29-18-10-8-17(9-11-18)23-19(25)12-13-20(26)27/h5-11,15H,4,12-13H2,1-3H3,(H,23,25)(H,24,28)(H,26,27)/t15-/m1/s1. The molecule has 0 bridgehead atoms. The minimum absolute atomic E-state index is 0.0648. The lowest BCUT2D eigenvalue weighted by Gasteiger charge is -2.16. The van der Waals surface area contributed by atoms with Gasteiger partial charge in [0.1, 0.15) is 0 Å². The first-order valence-electron chi connectivity index (χ1n) is 9.47. The van der Waals surface area contributed by atoms with E-state index in [-0.39, 0.29) is 29.9 Å². The number of carboxylic acids is 1. The summed E-state index contributed by atoms with van der Waals surface area (Å²) in [5.74, 6) is -1.41. The second kappa shape index (κ2) is 10.7. The highest BCUT2D eigenvalue weighted by Gasteiger charge is 2.17. The van der Waals surface area contributed by atoms with Gasteiger partial charge in [-0.25, -0.2) is 0 Å². The molecule has 0 spiro atoms. The van der Waals surface area contributed by atoms with Crippen LogP contribution in [0.1, 0.15) is 37.8 Å². The Kier molecular flexibility index (Phi) is 8.27. The van der Waals surface area contributed by atoms with Crippen LogP contribution in [0.5, 0.6) is 0 Å². The zero-order valence-electron chi connectivity index (χ0n) is 16.8. The average molecular weight is 415 g/mol. The van der Waals surface area contributed by atoms with Gasteiger partial charge in [0.05, 0.1) is 11.7 Å². The molecule has 0 unspecified atom stereocenters. The van der Waals surface area contributed by atoms with Crippen molar-refractivity contribution in [3.63, 3.8) is 0 Å². The molecule has 0 heterocycles. The number of rotatable bonds is 9. The van der Waals surface area contributed by atoms with Crippen molar-refractivity contribution in [2.24, 2.45) is 0 Å². The second-order valence-electron chi connectivity index (χ2n) is 6.68. The van der Waals surface area contributed by atoms with Crippen molar-refractivity contribution in [2.75, 3.05) is 10.6 Å². The number of amides is 2. The van der Waals surface area contributed by atoms with Crippen LogP contribution in [0.2, 0.25) is 0 Å². The van der Waals surface area contributed by atoms with E-state index in [4.69, 9.17) is 5.11 Å². The Bertz CT molecular complexity index is 881. The van der Waals surface area contributed by atoms with Crippen LogP contribution in [0.3, 0.4) is 0 Å². The first-order valence-corrected chi connectivity index (χ1v) is 10.4. The number of aliphatic carboxylic acids is 1. The predicted molar refractivity (Wildman–Crippen MR) is 116 cm³/mol. The molecule has 7 heteroatoms. The van der Waals surface area contributed by atoms with Crippen LogP contribution < -0.4 is 10.6 Å². The van der Waals surface area contributed by atoms with Crippen LogP contribution in [0.15, 0.2) is 47.4 Å². The molecule has 3 N–H and O–H groups in total. The van der Waals surface area contributed by atoms with Crippen molar-refractivity contribution in [2.45, 2.75) is 50.2 Å². The molecule has 154 valence electrons. The first kappa shape index (κ1) is 22.5. The number of para-hydroxylation sites is 1. The Morgan fingerprint density at radius 3 is 2.34 bits per heavy atom. The molecular formula is C22H26N2O4S. The van der Waals surface area contributed by atoms with Crippen molar-refractivity contribution < 1.29 is 19.5 Å². The molecule has 0 aliphatic heterocycles. The van der Waals surface area contributed by atoms with E-state index in [0.29, 0.717) is 5.69 Å². The number of anilines is 2. The molecule has 2 amide bonds. The van der Waals surface area contributed by atoms with Crippen molar-refractivity contribution in [1.29, 1.82) is 0 Å². The summed E-state index contributed by atoms with van der Waals surface area (Å²) in [7, 11) is 0. The molecule has 0 aromatic heterocycles. The van der Waals surface area contributed by atoms with E-state index in [1.807, 2.05) is 44.2 Å². The minimum atomic E-state index is -1.00. The summed E-state index contributed by atoms with van der Waals surface area (Å²) in [5.41, 5.74) is 3.62. The quantitative estimate of drug-likeness (QED) is 0.526. The molecule has 0 aliphatic carbocycles. The lowest BCUT2D eigenvalue weighted by atomic mass is 10.1. The third kappa shape index (κ3) is 6.94. The van der Waals surface area contributed by atoms with E-state index in [9.17, 15) is 14.4 Å². The molecule has 2 aromatic rings. The molecule has 0 saturated carbocycles. The largest absolute Gasteiger partial charge is 0.481 e. The van der Waals surface area contributed by atoms with E-state index in [0.717, 1.165) is 28.1 Å². The summed E-state index contributed by atoms with van der Waals surface area (Å²) in [6.45, 7) is 5.89. The van der Waals surface area contributed by atoms with Crippen molar-refractivity contribution in [3.05, 3.63) is 53.6 Å². The molecule has 2 rings (SSSR count). The number of nitrogens with one attached hydrogen (secondary N) is 2. The van der Waals surface area contributed by atoms with Crippen molar-refractivity contribution >= 4 is 40.9 Å². The van der Waals surface area contributed by atoms with Gasteiger partial charge in [-0.2, -0.15) is 0 Å². The second-order valence-corrected chi connectivity index (χ2v) is 8.09. The number of hydrogen-bond donors (Lipinski definition) is 3. The highest BCUT2D eigenvalue weighted by atomic mass is 32.2. The lowest BCUT2D eigenvalue weighted by Crippen LogP contribution is -2.23. The number of carbonyl (C=O) groups is 3. The van der Waals surface area contributed by atoms with Gasteiger partial charge in [-0.1, -0.05) is 25.1 Å². The van der Waals surface area contributed by atoms with Gasteiger partial charge >= 0.3 is 5.97 Å². The molecule has 0 saturated heterocycles. The maximum absolute atomic E-state index is 12.6. The topological polar surface area (TPSA) is 95.5 Å². The van der Waals surface area contributed by atoms with Gasteiger partial charge in [-0.3, -0.25) is 14.4 Å². The molecule has 0 fully saturated rings. The Labute approximate surface area is 175 Å². The van der Waals surface area contributed by atoms with E-state index < -0.39 is 5.97 Å². The summed E-state index contributed by atoms with van der Waals surface area (Å²) < 4.78 is 0. The highest BCUT2D eigenvalue weighted by molar-refractivity contribution is 8.00. The van der Waals surface area contributed by atoms with Crippen LogP contribution >= 0.6 is 11.8 Å². The summed E-state index contributed by atoms with van der Waals surface area (Å²) in [4.78, 5) is 35.7. The van der Waals surface area contributed by atoms with E-state index >= 15 is 0 Å². The van der Waals surface area contributed by atoms with Gasteiger partial charge < -0.3 is 15.7 Å². The maximum atomic E-state index is 12.6. The van der Waals surface area contributed by atoms with E-state index in [1.54, 1.807) is 12.1 Å². The number of carboxylic acid groups (broad SMARTS) is 1.